The molecule has 1 aromatic rings. The molecule has 1 fully saturated rings. The van der Waals surface area contributed by atoms with Crippen LogP contribution in [-0.2, 0) is 26.0 Å². The standard InChI is InChI=1S/C13H18O5S/c1-9-4-5-12(19(14,15)16)10(6-9)7-11-8-17-13(2,3)18-11/h4-6,11H,7-8H2,1-3H3,(H,14,15,16)/t11-/m0/s1. The predicted molar refractivity (Wildman–Crippen MR) is 69.6 cm³/mol. The number of ether oxygens (including phenoxy) is 2. The van der Waals surface area contributed by atoms with Gasteiger partial charge in [-0.25, -0.2) is 0 Å². The molecule has 0 amide bonds. The van der Waals surface area contributed by atoms with Crippen molar-refractivity contribution in [1.82, 2.24) is 0 Å². The topological polar surface area (TPSA) is 72.8 Å². The summed E-state index contributed by atoms with van der Waals surface area (Å²) in [7, 11) is -4.22. The summed E-state index contributed by atoms with van der Waals surface area (Å²) in [4.78, 5) is -0.0635. The van der Waals surface area contributed by atoms with E-state index in [0.29, 0.717) is 18.6 Å². The largest absolute Gasteiger partial charge is 0.348 e. The number of rotatable bonds is 3. The van der Waals surface area contributed by atoms with E-state index in [9.17, 15) is 13.0 Å². The van der Waals surface area contributed by atoms with E-state index in [1.807, 2.05) is 20.8 Å². The molecule has 0 radical (unpaired) electrons. The van der Waals surface area contributed by atoms with Crippen LogP contribution in [0.3, 0.4) is 0 Å². The minimum atomic E-state index is -4.22. The van der Waals surface area contributed by atoms with Crippen molar-refractivity contribution >= 4 is 10.1 Å². The molecule has 0 bridgehead atoms. The predicted octanol–water partition coefficient (Wildman–Crippen LogP) is 1.94. The molecule has 6 heteroatoms. The molecule has 1 heterocycles. The lowest BCUT2D eigenvalue weighted by atomic mass is 10.1. The maximum atomic E-state index is 11.3. The molecule has 1 saturated heterocycles. The number of hydrogen-bond donors (Lipinski definition) is 1. The van der Waals surface area contributed by atoms with Crippen molar-refractivity contribution in [2.45, 2.75) is 44.0 Å². The van der Waals surface area contributed by atoms with E-state index >= 15 is 0 Å². The van der Waals surface area contributed by atoms with Gasteiger partial charge < -0.3 is 9.47 Å². The quantitative estimate of drug-likeness (QED) is 0.860. The van der Waals surface area contributed by atoms with Gasteiger partial charge in [-0.3, -0.25) is 4.55 Å². The summed E-state index contributed by atoms with van der Waals surface area (Å²) in [5.74, 6) is -0.646. The van der Waals surface area contributed by atoms with Crippen LogP contribution >= 0.6 is 0 Å². The second-order valence-corrected chi connectivity index (χ2v) is 6.63. The Kier molecular flexibility index (Phi) is 3.70. The Labute approximate surface area is 113 Å². The van der Waals surface area contributed by atoms with Crippen molar-refractivity contribution in [3.8, 4) is 0 Å². The van der Waals surface area contributed by atoms with Crippen molar-refractivity contribution in [1.29, 1.82) is 0 Å². The van der Waals surface area contributed by atoms with Gasteiger partial charge in [-0.15, -0.1) is 0 Å². The molecule has 0 aliphatic carbocycles. The zero-order chi connectivity index (χ0) is 14.3. The van der Waals surface area contributed by atoms with Crippen LogP contribution in [0.4, 0.5) is 0 Å². The van der Waals surface area contributed by atoms with Crippen molar-refractivity contribution < 1.29 is 22.4 Å². The minimum Gasteiger partial charge on any atom is -0.348 e. The molecule has 1 aliphatic rings. The van der Waals surface area contributed by atoms with E-state index in [1.54, 1.807) is 12.1 Å². The average Bonchev–Trinajstić information content (AvgIpc) is 2.56. The summed E-state index contributed by atoms with van der Waals surface area (Å²) in [5.41, 5.74) is 1.48. The zero-order valence-electron chi connectivity index (χ0n) is 11.2. The van der Waals surface area contributed by atoms with Crippen LogP contribution in [0, 0.1) is 6.92 Å². The molecule has 0 aromatic heterocycles. The Morgan fingerprint density at radius 1 is 1.42 bits per heavy atom. The fourth-order valence-corrected chi connectivity index (χ4v) is 2.94. The Morgan fingerprint density at radius 2 is 2.11 bits per heavy atom. The van der Waals surface area contributed by atoms with E-state index in [2.05, 4.69) is 0 Å². The monoisotopic (exact) mass is 286 g/mol. The molecule has 0 unspecified atom stereocenters. The molecule has 1 N–H and O–H groups in total. The highest BCUT2D eigenvalue weighted by Crippen LogP contribution is 2.27. The highest BCUT2D eigenvalue weighted by molar-refractivity contribution is 7.85. The van der Waals surface area contributed by atoms with Crippen LogP contribution in [0.5, 0.6) is 0 Å². The lowest BCUT2D eigenvalue weighted by Crippen LogP contribution is -2.22. The normalized spacial score (nSPS) is 22.6. The van der Waals surface area contributed by atoms with Gasteiger partial charge in [0.15, 0.2) is 5.79 Å². The maximum Gasteiger partial charge on any atom is 0.294 e. The Bertz CT molecular complexity index is 577. The van der Waals surface area contributed by atoms with Crippen LogP contribution in [0.25, 0.3) is 0 Å². The van der Waals surface area contributed by atoms with Crippen LogP contribution < -0.4 is 0 Å². The average molecular weight is 286 g/mol. The molecule has 19 heavy (non-hydrogen) atoms. The van der Waals surface area contributed by atoms with E-state index in [1.165, 1.54) is 6.07 Å². The summed E-state index contributed by atoms with van der Waals surface area (Å²) in [6.45, 7) is 5.90. The molecule has 0 spiro atoms. The number of aryl methyl sites for hydroxylation is 1. The van der Waals surface area contributed by atoms with Gasteiger partial charge in [0.2, 0.25) is 0 Å². The van der Waals surface area contributed by atoms with Crippen molar-refractivity contribution in [3.05, 3.63) is 29.3 Å². The molecule has 0 saturated carbocycles. The van der Waals surface area contributed by atoms with Crippen molar-refractivity contribution in [2.24, 2.45) is 0 Å². The lowest BCUT2D eigenvalue weighted by Gasteiger charge is -2.17. The van der Waals surface area contributed by atoms with Crippen LogP contribution in [0.2, 0.25) is 0 Å². The van der Waals surface area contributed by atoms with Gasteiger partial charge in [-0.2, -0.15) is 8.42 Å². The summed E-state index contributed by atoms with van der Waals surface area (Å²) in [6.07, 6.45) is 0.178. The van der Waals surface area contributed by atoms with Gasteiger partial charge in [0, 0.05) is 6.42 Å². The highest BCUT2D eigenvalue weighted by Gasteiger charge is 2.33. The third-order valence-corrected chi connectivity index (χ3v) is 3.96. The van der Waals surface area contributed by atoms with Crippen LogP contribution in [-0.4, -0.2) is 31.5 Å². The fourth-order valence-electron chi connectivity index (χ4n) is 2.23. The minimum absolute atomic E-state index is 0.0635. The van der Waals surface area contributed by atoms with Gasteiger partial charge >= 0.3 is 0 Å². The first-order chi connectivity index (χ1) is 8.67. The fraction of sp³-hybridized carbons (Fsp3) is 0.538. The van der Waals surface area contributed by atoms with Gasteiger partial charge in [0.25, 0.3) is 10.1 Å². The third kappa shape index (κ3) is 3.54. The third-order valence-electron chi connectivity index (χ3n) is 3.01. The van der Waals surface area contributed by atoms with E-state index in [-0.39, 0.29) is 11.0 Å². The summed E-state index contributed by atoms with van der Waals surface area (Å²) in [5, 5.41) is 0. The molecule has 1 aromatic carbocycles. The van der Waals surface area contributed by atoms with Crippen LogP contribution in [0.15, 0.2) is 23.1 Å². The molecule has 2 rings (SSSR count). The highest BCUT2D eigenvalue weighted by atomic mass is 32.2. The Morgan fingerprint density at radius 3 is 2.63 bits per heavy atom. The summed E-state index contributed by atoms with van der Waals surface area (Å²) >= 11 is 0. The molecular formula is C13H18O5S. The molecular weight excluding hydrogens is 268 g/mol. The van der Waals surface area contributed by atoms with Crippen LogP contribution in [0.1, 0.15) is 25.0 Å². The Balaban J connectivity index is 2.27. The smallest absolute Gasteiger partial charge is 0.294 e. The van der Waals surface area contributed by atoms with Gasteiger partial charge in [-0.1, -0.05) is 17.7 Å². The second kappa shape index (κ2) is 4.86. The molecule has 1 atom stereocenters. The first-order valence-electron chi connectivity index (χ1n) is 6.06. The van der Waals surface area contributed by atoms with Gasteiger partial charge in [0.1, 0.15) is 0 Å². The van der Waals surface area contributed by atoms with E-state index in [0.717, 1.165) is 5.56 Å². The van der Waals surface area contributed by atoms with Crippen molar-refractivity contribution in [3.63, 3.8) is 0 Å². The van der Waals surface area contributed by atoms with Gasteiger partial charge in [-0.05, 0) is 32.4 Å². The maximum absolute atomic E-state index is 11.3. The van der Waals surface area contributed by atoms with Crippen molar-refractivity contribution in [2.75, 3.05) is 6.61 Å². The zero-order valence-corrected chi connectivity index (χ0v) is 12.0. The Hall–Kier alpha value is -0.950. The second-order valence-electron chi connectivity index (χ2n) is 5.24. The summed E-state index contributed by atoms with van der Waals surface area (Å²) in [6, 6.07) is 4.82. The molecule has 106 valence electrons. The lowest BCUT2D eigenvalue weighted by molar-refractivity contribution is -0.138. The molecule has 1 aliphatic heterocycles. The number of benzene rings is 1. The number of hydrogen-bond acceptors (Lipinski definition) is 4. The molecule has 5 nitrogen and oxygen atoms in total. The van der Waals surface area contributed by atoms with Gasteiger partial charge in [0.05, 0.1) is 17.6 Å². The summed E-state index contributed by atoms with van der Waals surface area (Å²) < 4.78 is 43.0. The first-order valence-corrected chi connectivity index (χ1v) is 7.50. The first kappa shape index (κ1) is 14.5. The SMILES string of the molecule is Cc1ccc(S(=O)(=O)O)c(C[C@H]2COC(C)(C)O2)c1. The van der Waals surface area contributed by atoms with E-state index < -0.39 is 15.9 Å². The van der Waals surface area contributed by atoms with E-state index in [4.69, 9.17) is 9.47 Å².